The molecule has 1 aliphatic heterocycles. The van der Waals surface area contributed by atoms with Gasteiger partial charge in [-0.1, -0.05) is 42.5 Å². The van der Waals surface area contributed by atoms with Gasteiger partial charge >= 0.3 is 0 Å². The molecule has 1 heterocycles. The number of ether oxygens (including phenoxy) is 1. The van der Waals surface area contributed by atoms with Crippen LogP contribution in [0.15, 0.2) is 72.8 Å². The summed E-state index contributed by atoms with van der Waals surface area (Å²) < 4.78 is 18.7. The fourth-order valence-electron chi connectivity index (χ4n) is 4.14. The Balaban J connectivity index is 1.57. The van der Waals surface area contributed by atoms with E-state index in [1.54, 1.807) is 7.11 Å². The first-order valence-electron chi connectivity index (χ1n) is 9.90. The normalized spacial score (nSPS) is 19.9. The molecule has 3 aromatic rings. The number of rotatable bonds is 5. The maximum absolute atomic E-state index is 13.5. The average Bonchev–Trinajstić information content (AvgIpc) is 2.79. The van der Waals surface area contributed by atoms with E-state index >= 15 is 0 Å². The molecule has 0 spiro atoms. The molecule has 5 nitrogen and oxygen atoms in total. The second-order valence-corrected chi connectivity index (χ2v) is 7.42. The van der Waals surface area contributed by atoms with Crippen LogP contribution in [0.3, 0.4) is 0 Å². The van der Waals surface area contributed by atoms with Crippen molar-refractivity contribution in [3.8, 4) is 22.9 Å². The number of methoxy groups -OCH3 is 1. The average molecular weight is 416 g/mol. The van der Waals surface area contributed by atoms with E-state index in [1.165, 1.54) is 23.1 Å². The molecule has 1 amide bonds. The number of hydrogen-bond donors (Lipinski definition) is 1. The summed E-state index contributed by atoms with van der Waals surface area (Å²) in [6.07, 6.45) is 0. The van der Waals surface area contributed by atoms with Crippen molar-refractivity contribution >= 4 is 5.91 Å². The standard InChI is InChI=1S/C25H21FN2O3/c1-31-21-11-9-17(10-12-21)16-5-7-18(8-6-16)24-22(14-27)28(23(24)15-29)25(30)19-3-2-4-20(26)13-19/h2-13,22-24,29H,15H2,1H3/t22-,23-,24+/m1/s1. The van der Waals surface area contributed by atoms with Crippen LogP contribution in [0.5, 0.6) is 5.75 Å². The lowest BCUT2D eigenvalue weighted by Crippen LogP contribution is -2.65. The summed E-state index contributed by atoms with van der Waals surface area (Å²) in [6.45, 7) is -0.288. The second kappa shape index (κ2) is 8.58. The van der Waals surface area contributed by atoms with Crippen molar-refractivity contribution in [2.24, 2.45) is 0 Å². The van der Waals surface area contributed by atoms with Gasteiger partial charge in [0.15, 0.2) is 0 Å². The molecular formula is C25H21FN2O3. The Bertz CT molecular complexity index is 1120. The second-order valence-electron chi connectivity index (χ2n) is 7.42. The quantitative estimate of drug-likeness (QED) is 0.683. The fourth-order valence-corrected chi connectivity index (χ4v) is 4.14. The van der Waals surface area contributed by atoms with Crippen molar-refractivity contribution in [1.82, 2.24) is 4.90 Å². The molecule has 1 saturated heterocycles. The predicted molar refractivity (Wildman–Crippen MR) is 114 cm³/mol. The molecule has 3 aromatic carbocycles. The summed E-state index contributed by atoms with van der Waals surface area (Å²) in [7, 11) is 1.62. The molecule has 1 N–H and O–H groups in total. The van der Waals surface area contributed by atoms with E-state index in [9.17, 15) is 19.6 Å². The van der Waals surface area contributed by atoms with Crippen LogP contribution >= 0.6 is 0 Å². The number of benzene rings is 3. The largest absolute Gasteiger partial charge is 0.497 e. The van der Waals surface area contributed by atoms with Crippen LogP contribution in [0, 0.1) is 17.1 Å². The van der Waals surface area contributed by atoms with Gasteiger partial charge < -0.3 is 14.7 Å². The van der Waals surface area contributed by atoms with Gasteiger partial charge in [0.2, 0.25) is 0 Å². The van der Waals surface area contributed by atoms with Crippen molar-refractivity contribution in [3.05, 3.63) is 89.7 Å². The number of carbonyl (C=O) groups is 1. The third-order valence-corrected chi connectivity index (χ3v) is 5.76. The summed E-state index contributed by atoms with van der Waals surface area (Å²) in [4.78, 5) is 14.2. The van der Waals surface area contributed by atoms with Crippen LogP contribution in [0.4, 0.5) is 4.39 Å². The van der Waals surface area contributed by atoms with Crippen molar-refractivity contribution < 1.29 is 19.0 Å². The van der Waals surface area contributed by atoms with E-state index in [2.05, 4.69) is 6.07 Å². The van der Waals surface area contributed by atoms with E-state index < -0.39 is 23.8 Å². The number of aliphatic hydroxyl groups excluding tert-OH is 1. The Morgan fingerprint density at radius 2 is 1.74 bits per heavy atom. The molecule has 0 aromatic heterocycles. The molecule has 1 aliphatic rings. The third kappa shape index (κ3) is 3.76. The number of nitriles is 1. The Kier molecular flexibility index (Phi) is 5.70. The number of nitrogens with zero attached hydrogens (tertiary/aromatic N) is 2. The monoisotopic (exact) mass is 416 g/mol. The molecule has 6 heteroatoms. The lowest BCUT2D eigenvalue weighted by molar-refractivity contribution is -0.00587. The van der Waals surface area contributed by atoms with Gasteiger partial charge in [-0.25, -0.2) is 4.39 Å². The van der Waals surface area contributed by atoms with Crippen molar-refractivity contribution in [2.75, 3.05) is 13.7 Å². The van der Waals surface area contributed by atoms with Crippen LogP contribution in [0.2, 0.25) is 0 Å². The van der Waals surface area contributed by atoms with E-state index in [0.29, 0.717) is 0 Å². The molecule has 1 fully saturated rings. The predicted octanol–water partition coefficient (Wildman–Crippen LogP) is 3.99. The van der Waals surface area contributed by atoms with Gasteiger partial charge in [-0.3, -0.25) is 4.79 Å². The van der Waals surface area contributed by atoms with Gasteiger partial charge in [-0.15, -0.1) is 0 Å². The van der Waals surface area contributed by atoms with Gasteiger partial charge in [0, 0.05) is 11.5 Å². The zero-order valence-corrected chi connectivity index (χ0v) is 16.9. The zero-order valence-electron chi connectivity index (χ0n) is 16.9. The topological polar surface area (TPSA) is 73.6 Å². The molecule has 0 saturated carbocycles. The number of hydrogen-bond acceptors (Lipinski definition) is 4. The van der Waals surface area contributed by atoms with E-state index in [1.807, 2.05) is 48.5 Å². The lowest BCUT2D eigenvalue weighted by atomic mass is 9.75. The maximum atomic E-state index is 13.5. The summed E-state index contributed by atoms with van der Waals surface area (Å²) in [6, 6.07) is 21.7. The number of halogens is 1. The first kappa shape index (κ1) is 20.6. The first-order chi connectivity index (χ1) is 15.1. The minimum absolute atomic E-state index is 0.159. The van der Waals surface area contributed by atoms with Gasteiger partial charge in [-0.2, -0.15) is 5.26 Å². The highest BCUT2D eigenvalue weighted by molar-refractivity contribution is 5.95. The van der Waals surface area contributed by atoms with Crippen LogP contribution in [0.25, 0.3) is 11.1 Å². The van der Waals surface area contributed by atoms with E-state index in [4.69, 9.17) is 4.74 Å². The van der Waals surface area contributed by atoms with Crippen molar-refractivity contribution in [2.45, 2.75) is 18.0 Å². The Morgan fingerprint density at radius 3 is 2.29 bits per heavy atom. The SMILES string of the molecule is COc1ccc(-c2ccc([C@H]3[C@@H](C#N)N(C(=O)c4cccc(F)c4)[C@@H]3CO)cc2)cc1. The highest BCUT2D eigenvalue weighted by Gasteiger charge is 2.51. The molecule has 0 bridgehead atoms. The van der Waals surface area contributed by atoms with Crippen molar-refractivity contribution in [1.29, 1.82) is 5.26 Å². The Hall–Kier alpha value is -3.69. The highest BCUT2D eigenvalue weighted by Crippen LogP contribution is 2.41. The van der Waals surface area contributed by atoms with Crippen LogP contribution in [0.1, 0.15) is 21.8 Å². The molecule has 3 atom stereocenters. The van der Waals surface area contributed by atoms with Crippen LogP contribution in [-0.2, 0) is 0 Å². The fraction of sp³-hybridized carbons (Fsp3) is 0.200. The summed E-state index contributed by atoms with van der Waals surface area (Å²) in [5.74, 6) is -0.528. The molecule has 156 valence electrons. The van der Waals surface area contributed by atoms with Crippen LogP contribution < -0.4 is 4.74 Å². The van der Waals surface area contributed by atoms with Crippen LogP contribution in [-0.4, -0.2) is 41.7 Å². The minimum atomic E-state index is -0.736. The minimum Gasteiger partial charge on any atom is -0.497 e. The number of aliphatic hydroxyl groups is 1. The molecule has 31 heavy (non-hydrogen) atoms. The smallest absolute Gasteiger partial charge is 0.255 e. The van der Waals surface area contributed by atoms with Gasteiger partial charge in [0.1, 0.15) is 17.6 Å². The molecular weight excluding hydrogens is 395 g/mol. The van der Waals surface area contributed by atoms with Gasteiger partial charge in [0.05, 0.1) is 25.8 Å². The van der Waals surface area contributed by atoms with Gasteiger partial charge in [0.25, 0.3) is 5.91 Å². The number of amides is 1. The highest BCUT2D eigenvalue weighted by atomic mass is 19.1. The summed E-state index contributed by atoms with van der Waals surface area (Å²) >= 11 is 0. The maximum Gasteiger partial charge on any atom is 0.255 e. The summed E-state index contributed by atoms with van der Waals surface area (Å²) in [5, 5.41) is 19.7. The first-order valence-corrected chi connectivity index (χ1v) is 9.90. The third-order valence-electron chi connectivity index (χ3n) is 5.76. The zero-order chi connectivity index (χ0) is 22.0. The molecule has 0 unspecified atom stereocenters. The molecule has 4 rings (SSSR count). The summed E-state index contributed by atoms with van der Waals surface area (Å²) in [5.41, 5.74) is 3.06. The van der Waals surface area contributed by atoms with Crippen molar-refractivity contribution in [3.63, 3.8) is 0 Å². The molecule has 0 radical (unpaired) electrons. The lowest BCUT2D eigenvalue weighted by Gasteiger charge is -2.51. The van der Waals surface area contributed by atoms with E-state index in [0.717, 1.165) is 28.5 Å². The number of likely N-dealkylation sites (tertiary alicyclic amines) is 1. The number of carbonyl (C=O) groups excluding carboxylic acids is 1. The van der Waals surface area contributed by atoms with Gasteiger partial charge in [-0.05, 0) is 47.0 Å². The Morgan fingerprint density at radius 1 is 1.10 bits per heavy atom. The Labute approximate surface area is 179 Å². The van der Waals surface area contributed by atoms with E-state index in [-0.39, 0.29) is 18.1 Å². The molecule has 0 aliphatic carbocycles.